The number of hydrogen-bond donors (Lipinski definition) is 1. The van der Waals surface area contributed by atoms with E-state index in [1.165, 1.54) is 0 Å². The number of nitrogens with two attached hydrogens (primary N) is 1. The van der Waals surface area contributed by atoms with E-state index in [0.29, 0.717) is 21.2 Å². The Morgan fingerprint density at radius 1 is 1.11 bits per heavy atom. The van der Waals surface area contributed by atoms with Gasteiger partial charge in [-0.05, 0) is 46.3 Å². The van der Waals surface area contributed by atoms with E-state index < -0.39 is 6.04 Å². The Bertz CT molecular complexity index is 704. The third kappa shape index (κ3) is 1.96. The van der Waals surface area contributed by atoms with E-state index in [-0.39, 0.29) is 0 Å². The molecular weight excluding hydrogens is 318 g/mol. The van der Waals surface area contributed by atoms with Gasteiger partial charge in [0.1, 0.15) is 23.1 Å². The van der Waals surface area contributed by atoms with E-state index in [9.17, 15) is 0 Å². The third-order valence-electron chi connectivity index (χ3n) is 2.73. The van der Waals surface area contributed by atoms with Crippen LogP contribution in [0.4, 0.5) is 0 Å². The molecule has 0 radical (unpaired) electrons. The summed E-state index contributed by atoms with van der Waals surface area (Å²) in [4.78, 5) is 0. The van der Waals surface area contributed by atoms with Crippen molar-refractivity contribution in [3.05, 3.63) is 57.6 Å². The van der Waals surface area contributed by atoms with Crippen LogP contribution in [-0.4, -0.2) is 0 Å². The van der Waals surface area contributed by atoms with Crippen molar-refractivity contribution in [1.82, 2.24) is 0 Å². The summed E-state index contributed by atoms with van der Waals surface area (Å²) >= 11 is 9.34. The number of rotatable bonds is 2. The molecule has 0 aliphatic carbocycles. The highest BCUT2D eigenvalue weighted by Crippen LogP contribution is 2.31. The summed E-state index contributed by atoms with van der Waals surface area (Å²) in [6.07, 6.45) is 0. The molecule has 2 heterocycles. The molecule has 0 amide bonds. The maximum absolute atomic E-state index is 6.09. The van der Waals surface area contributed by atoms with Crippen molar-refractivity contribution in [2.24, 2.45) is 5.73 Å². The van der Waals surface area contributed by atoms with Gasteiger partial charge in [0, 0.05) is 5.39 Å². The van der Waals surface area contributed by atoms with Crippen molar-refractivity contribution in [1.29, 1.82) is 0 Å². The molecule has 1 unspecified atom stereocenters. The second kappa shape index (κ2) is 4.46. The van der Waals surface area contributed by atoms with Crippen LogP contribution in [0.1, 0.15) is 17.6 Å². The highest BCUT2D eigenvalue weighted by molar-refractivity contribution is 9.10. The van der Waals surface area contributed by atoms with Gasteiger partial charge in [-0.1, -0.05) is 17.7 Å². The fourth-order valence-electron chi connectivity index (χ4n) is 1.83. The van der Waals surface area contributed by atoms with Crippen LogP contribution in [0.15, 0.2) is 49.9 Å². The smallest absolute Gasteiger partial charge is 0.169 e. The van der Waals surface area contributed by atoms with Crippen LogP contribution in [0.3, 0.4) is 0 Å². The van der Waals surface area contributed by atoms with E-state index in [4.69, 9.17) is 26.2 Å². The first kappa shape index (κ1) is 11.8. The Balaban J connectivity index is 2.06. The molecule has 2 aromatic heterocycles. The second-order valence-electron chi connectivity index (χ2n) is 3.92. The molecule has 3 nitrogen and oxygen atoms in total. The van der Waals surface area contributed by atoms with Crippen molar-refractivity contribution in [3.63, 3.8) is 0 Å². The molecule has 92 valence electrons. The van der Waals surface area contributed by atoms with Crippen molar-refractivity contribution >= 4 is 38.5 Å². The van der Waals surface area contributed by atoms with Crippen LogP contribution in [0.25, 0.3) is 11.0 Å². The van der Waals surface area contributed by atoms with Gasteiger partial charge >= 0.3 is 0 Å². The van der Waals surface area contributed by atoms with E-state index >= 15 is 0 Å². The molecule has 0 aliphatic heterocycles. The largest absolute Gasteiger partial charge is 0.459 e. The predicted molar refractivity (Wildman–Crippen MR) is 73.7 cm³/mol. The SMILES string of the molecule is NC(c1ccc(Br)o1)c1cc2c(Cl)cccc2o1. The zero-order valence-electron chi connectivity index (χ0n) is 9.19. The van der Waals surface area contributed by atoms with Gasteiger partial charge in [0.05, 0.1) is 5.02 Å². The maximum atomic E-state index is 6.09. The minimum absolute atomic E-state index is 0.445. The highest BCUT2D eigenvalue weighted by Gasteiger charge is 2.18. The highest BCUT2D eigenvalue weighted by atomic mass is 79.9. The number of halogens is 2. The van der Waals surface area contributed by atoms with Crippen LogP contribution in [0.5, 0.6) is 0 Å². The Hall–Kier alpha value is -1.23. The molecular formula is C13H9BrClNO2. The lowest BCUT2D eigenvalue weighted by Crippen LogP contribution is -2.09. The third-order valence-corrected chi connectivity index (χ3v) is 3.49. The van der Waals surface area contributed by atoms with E-state index in [0.717, 1.165) is 11.0 Å². The predicted octanol–water partition coefficient (Wildman–Crippen LogP) is 4.49. The van der Waals surface area contributed by atoms with Gasteiger partial charge in [-0.25, -0.2) is 0 Å². The summed E-state index contributed by atoms with van der Waals surface area (Å²) in [5.41, 5.74) is 6.81. The molecule has 0 saturated heterocycles. The minimum atomic E-state index is -0.445. The van der Waals surface area contributed by atoms with Gasteiger partial charge in [-0.15, -0.1) is 0 Å². The fraction of sp³-hybridized carbons (Fsp3) is 0.0769. The zero-order valence-corrected chi connectivity index (χ0v) is 11.5. The van der Waals surface area contributed by atoms with E-state index in [1.807, 2.05) is 30.3 Å². The normalized spacial score (nSPS) is 13.1. The molecule has 3 rings (SSSR count). The molecule has 2 N–H and O–H groups in total. The number of benzene rings is 1. The quantitative estimate of drug-likeness (QED) is 0.755. The number of furan rings is 2. The van der Waals surface area contributed by atoms with Gasteiger partial charge in [0.25, 0.3) is 0 Å². The first-order valence-electron chi connectivity index (χ1n) is 5.34. The summed E-state index contributed by atoms with van der Waals surface area (Å²) in [5, 5.41) is 1.51. The first-order valence-corrected chi connectivity index (χ1v) is 6.51. The van der Waals surface area contributed by atoms with Crippen LogP contribution in [-0.2, 0) is 0 Å². The molecule has 5 heteroatoms. The summed E-state index contributed by atoms with van der Waals surface area (Å²) in [6.45, 7) is 0. The lowest BCUT2D eigenvalue weighted by molar-refractivity contribution is 0.433. The summed E-state index contributed by atoms with van der Waals surface area (Å²) in [6, 6.07) is 10.5. The topological polar surface area (TPSA) is 52.3 Å². The summed E-state index contributed by atoms with van der Waals surface area (Å²) in [5.74, 6) is 1.26. The molecule has 3 aromatic rings. The van der Waals surface area contributed by atoms with Crippen molar-refractivity contribution < 1.29 is 8.83 Å². The number of fused-ring (bicyclic) bond motifs is 1. The minimum Gasteiger partial charge on any atom is -0.459 e. The number of hydrogen-bond acceptors (Lipinski definition) is 3. The molecule has 0 spiro atoms. The molecule has 0 bridgehead atoms. The fourth-order valence-corrected chi connectivity index (χ4v) is 2.37. The average Bonchev–Trinajstić information content (AvgIpc) is 2.95. The maximum Gasteiger partial charge on any atom is 0.169 e. The van der Waals surface area contributed by atoms with Gasteiger partial charge in [0.15, 0.2) is 4.67 Å². The Morgan fingerprint density at radius 3 is 2.61 bits per heavy atom. The van der Waals surface area contributed by atoms with Crippen LogP contribution < -0.4 is 5.73 Å². The zero-order chi connectivity index (χ0) is 12.7. The Morgan fingerprint density at radius 2 is 1.94 bits per heavy atom. The Labute approximate surface area is 117 Å². The van der Waals surface area contributed by atoms with Crippen LogP contribution in [0, 0.1) is 0 Å². The lowest BCUT2D eigenvalue weighted by Gasteiger charge is -2.03. The van der Waals surface area contributed by atoms with Gasteiger partial charge in [0.2, 0.25) is 0 Å². The monoisotopic (exact) mass is 325 g/mol. The van der Waals surface area contributed by atoms with E-state index in [2.05, 4.69) is 15.9 Å². The summed E-state index contributed by atoms with van der Waals surface area (Å²) < 4.78 is 11.8. The molecule has 18 heavy (non-hydrogen) atoms. The Kier molecular flexibility index (Phi) is 2.93. The lowest BCUT2D eigenvalue weighted by atomic mass is 10.1. The van der Waals surface area contributed by atoms with Crippen molar-refractivity contribution in [3.8, 4) is 0 Å². The molecule has 0 aliphatic rings. The molecule has 1 atom stereocenters. The van der Waals surface area contributed by atoms with Crippen molar-refractivity contribution in [2.45, 2.75) is 6.04 Å². The molecule has 0 fully saturated rings. The van der Waals surface area contributed by atoms with Gasteiger partial charge in [-0.3, -0.25) is 0 Å². The van der Waals surface area contributed by atoms with Gasteiger partial charge < -0.3 is 14.6 Å². The van der Waals surface area contributed by atoms with Crippen LogP contribution in [0.2, 0.25) is 5.02 Å². The summed E-state index contributed by atoms with van der Waals surface area (Å²) in [7, 11) is 0. The molecule has 0 saturated carbocycles. The first-order chi connectivity index (χ1) is 8.65. The van der Waals surface area contributed by atoms with E-state index in [1.54, 1.807) is 6.07 Å². The van der Waals surface area contributed by atoms with Gasteiger partial charge in [-0.2, -0.15) is 0 Å². The molecule has 1 aromatic carbocycles. The van der Waals surface area contributed by atoms with Crippen molar-refractivity contribution in [2.75, 3.05) is 0 Å². The average molecular weight is 327 g/mol. The second-order valence-corrected chi connectivity index (χ2v) is 5.11. The van der Waals surface area contributed by atoms with Crippen LogP contribution >= 0.6 is 27.5 Å². The standard InChI is InChI=1S/C13H9BrClNO2/c14-12-5-4-10(18-12)13(16)11-6-7-8(15)2-1-3-9(7)17-11/h1-6,13H,16H2.